The Morgan fingerprint density at radius 1 is 1.06 bits per heavy atom. The maximum absolute atomic E-state index is 5.46. The van der Waals surface area contributed by atoms with Crippen LogP contribution in [0.25, 0.3) is 0 Å². The first-order chi connectivity index (χ1) is 7.95. The summed E-state index contributed by atoms with van der Waals surface area (Å²) < 4.78 is 10.9. The summed E-state index contributed by atoms with van der Waals surface area (Å²) in [6, 6.07) is 10.4. The lowest BCUT2D eigenvalue weighted by Gasteiger charge is -2.18. The van der Waals surface area contributed by atoms with Crippen molar-refractivity contribution in [2.75, 3.05) is 13.2 Å². The molecule has 0 unspecified atom stereocenters. The molecule has 1 aliphatic heterocycles. The fourth-order valence-electron chi connectivity index (χ4n) is 1.71. The molecule has 1 aromatic rings. The summed E-state index contributed by atoms with van der Waals surface area (Å²) in [4.78, 5) is 0. The normalized spacial score (nSPS) is 16.9. The van der Waals surface area contributed by atoms with Crippen molar-refractivity contribution < 1.29 is 9.31 Å². The van der Waals surface area contributed by atoms with Crippen LogP contribution < -0.4 is 0 Å². The van der Waals surface area contributed by atoms with Gasteiger partial charge in [0.25, 0.3) is 0 Å². The highest BCUT2D eigenvalue weighted by atomic mass is 16.6. The molecule has 1 aromatic carbocycles. The minimum Gasteiger partial charge on any atom is -0.411 e. The molecule has 16 heavy (non-hydrogen) atoms. The molecule has 0 amide bonds. The third-order valence-corrected chi connectivity index (χ3v) is 2.59. The van der Waals surface area contributed by atoms with Crippen molar-refractivity contribution in [2.24, 2.45) is 0 Å². The van der Waals surface area contributed by atoms with Crippen molar-refractivity contribution in [1.29, 1.82) is 0 Å². The lowest BCUT2D eigenvalue weighted by Crippen LogP contribution is -2.28. The molecule has 2 rings (SSSR count). The van der Waals surface area contributed by atoms with Crippen molar-refractivity contribution >= 4 is 7.12 Å². The van der Waals surface area contributed by atoms with E-state index in [0.29, 0.717) is 0 Å². The average Bonchev–Trinajstić information content (AvgIpc) is 2.37. The highest BCUT2D eigenvalue weighted by Gasteiger charge is 2.19. The largest absolute Gasteiger partial charge is 0.460 e. The third-order valence-electron chi connectivity index (χ3n) is 2.59. The summed E-state index contributed by atoms with van der Waals surface area (Å²) in [5.41, 5.74) is 1.34. The molecule has 0 saturated carbocycles. The van der Waals surface area contributed by atoms with Gasteiger partial charge in [0.2, 0.25) is 0 Å². The van der Waals surface area contributed by atoms with Gasteiger partial charge in [0.15, 0.2) is 0 Å². The lowest BCUT2D eigenvalue weighted by molar-refractivity contribution is 0.136. The number of hydrogen-bond acceptors (Lipinski definition) is 2. The highest BCUT2D eigenvalue weighted by Crippen LogP contribution is 2.07. The second-order valence-electron chi connectivity index (χ2n) is 3.92. The number of benzene rings is 1. The lowest BCUT2D eigenvalue weighted by atomic mass is 9.83. The molecule has 0 atom stereocenters. The molecule has 3 heteroatoms. The molecule has 0 spiro atoms. The number of allylic oxidation sites excluding steroid dienone is 2. The van der Waals surface area contributed by atoms with Gasteiger partial charge in [-0.15, -0.1) is 0 Å². The van der Waals surface area contributed by atoms with Crippen LogP contribution in [0.4, 0.5) is 0 Å². The predicted octanol–water partition coefficient (Wildman–Crippen LogP) is 2.71. The van der Waals surface area contributed by atoms with Gasteiger partial charge >= 0.3 is 7.12 Å². The maximum atomic E-state index is 5.46. The molecule has 0 aromatic heterocycles. The van der Waals surface area contributed by atoms with Gasteiger partial charge in [-0.3, -0.25) is 0 Å². The molecule has 1 heterocycles. The Kier molecular flexibility index (Phi) is 4.65. The van der Waals surface area contributed by atoms with Crippen LogP contribution in [0.15, 0.2) is 42.5 Å². The second kappa shape index (κ2) is 6.51. The van der Waals surface area contributed by atoms with Crippen LogP contribution in [0.1, 0.15) is 12.0 Å². The molecular weight excluding hydrogens is 199 g/mol. The molecule has 2 nitrogen and oxygen atoms in total. The minimum absolute atomic E-state index is 0.0271. The molecule has 1 aliphatic rings. The van der Waals surface area contributed by atoms with E-state index >= 15 is 0 Å². The molecule has 0 radical (unpaired) electrons. The molecule has 1 saturated heterocycles. The Hall–Kier alpha value is -1.06. The van der Waals surface area contributed by atoms with E-state index in [1.165, 1.54) is 5.56 Å². The SMILES string of the molecule is C(=C\Cc1ccccc1)/CB1OCCCO1. The Morgan fingerprint density at radius 3 is 2.56 bits per heavy atom. The van der Waals surface area contributed by atoms with Crippen molar-refractivity contribution in [1.82, 2.24) is 0 Å². The number of rotatable bonds is 4. The van der Waals surface area contributed by atoms with Gasteiger partial charge in [0, 0.05) is 19.5 Å². The summed E-state index contributed by atoms with van der Waals surface area (Å²) in [6.07, 6.45) is 7.17. The van der Waals surface area contributed by atoms with E-state index < -0.39 is 0 Å². The minimum atomic E-state index is -0.0271. The maximum Gasteiger partial charge on any atom is 0.460 e. The fraction of sp³-hybridized carbons (Fsp3) is 0.385. The summed E-state index contributed by atoms with van der Waals surface area (Å²) in [7, 11) is -0.0271. The van der Waals surface area contributed by atoms with Gasteiger partial charge in [-0.1, -0.05) is 42.5 Å². The van der Waals surface area contributed by atoms with E-state index in [1.807, 2.05) is 6.07 Å². The zero-order valence-corrected chi connectivity index (χ0v) is 9.47. The first-order valence-corrected chi connectivity index (χ1v) is 5.87. The molecule has 0 N–H and O–H groups in total. The molecule has 0 aliphatic carbocycles. The standard InChI is InChI=1S/C13H17BO2/c1-2-7-13(8-3-1)9-4-5-10-14-15-11-6-12-16-14/h1-5,7-8H,6,9-12H2/b5-4+. The second-order valence-corrected chi connectivity index (χ2v) is 3.92. The van der Waals surface area contributed by atoms with E-state index in [2.05, 4.69) is 36.4 Å². The van der Waals surface area contributed by atoms with Crippen LogP contribution in [-0.4, -0.2) is 20.3 Å². The highest BCUT2D eigenvalue weighted by molar-refractivity contribution is 6.45. The topological polar surface area (TPSA) is 18.5 Å². The Morgan fingerprint density at radius 2 is 1.81 bits per heavy atom. The first-order valence-electron chi connectivity index (χ1n) is 5.87. The first kappa shape index (κ1) is 11.4. The van der Waals surface area contributed by atoms with Gasteiger partial charge in [0.1, 0.15) is 0 Å². The Bertz CT molecular complexity index is 318. The van der Waals surface area contributed by atoms with Crippen molar-refractivity contribution in [3.8, 4) is 0 Å². The van der Waals surface area contributed by atoms with Crippen molar-refractivity contribution in [3.63, 3.8) is 0 Å². The molecule has 1 fully saturated rings. The Labute approximate surface area is 97.4 Å². The Balaban J connectivity index is 1.69. The van der Waals surface area contributed by atoms with Crippen LogP contribution in [0.3, 0.4) is 0 Å². The third kappa shape index (κ3) is 3.84. The fourth-order valence-corrected chi connectivity index (χ4v) is 1.71. The van der Waals surface area contributed by atoms with Gasteiger partial charge < -0.3 is 9.31 Å². The van der Waals surface area contributed by atoms with Gasteiger partial charge in [-0.2, -0.15) is 0 Å². The van der Waals surface area contributed by atoms with Crippen LogP contribution in [0.5, 0.6) is 0 Å². The number of hydrogen-bond donors (Lipinski definition) is 0. The van der Waals surface area contributed by atoms with Gasteiger partial charge in [-0.05, 0) is 18.4 Å². The van der Waals surface area contributed by atoms with E-state index in [4.69, 9.17) is 9.31 Å². The van der Waals surface area contributed by atoms with E-state index in [-0.39, 0.29) is 7.12 Å². The summed E-state index contributed by atoms with van der Waals surface area (Å²) in [5.74, 6) is 0. The predicted molar refractivity (Wildman–Crippen MR) is 66.4 cm³/mol. The van der Waals surface area contributed by atoms with Crippen LogP contribution in [-0.2, 0) is 15.7 Å². The molecule has 0 bridgehead atoms. The van der Waals surface area contributed by atoms with E-state index in [1.54, 1.807) is 0 Å². The van der Waals surface area contributed by atoms with E-state index in [9.17, 15) is 0 Å². The van der Waals surface area contributed by atoms with Crippen LogP contribution >= 0.6 is 0 Å². The quantitative estimate of drug-likeness (QED) is 0.569. The monoisotopic (exact) mass is 216 g/mol. The van der Waals surface area contributed by atoms with Gasteiger partial charge in [0.05, 0.1) is 0 Å². The molecular formula is C13H17BO2. The van der Waals surface area contributed by atoms with Crippen LogP contribution in [0, 0.1) is 0 Å². The average molecular weight is 216 g/mol. The smallest absolute Gasteiger partial charge is 0.411 e. The summed E-state index contributed by atoms with van der Waals surface area (Å²) >= 11 is 0. The summed E-state index contributed by atoms with van der Waals surface area (Å²) in [5, 5.41) is 0. The zero-order chi connectivity index (χ0) is 11.1. The van der Waals surface area contributed by atoms with Crippen molar-refractivity contribution in [3.05, 3.63) is 48.0 Å². The van der Waals surface area contributed by atoms with E-state index in [0.717, 1.165) is 32.4 Å². The molecule has 84 valence electrons. The van der Waals surface area contributed by atoms with Crippen molar-refractivity contribution in [2.45, 2.75) is 19.2 Å². The zero-order valence-electron chi connectivity index (χ0n) is 9.47. The van der Waals surface area contributed by atoms with Gasteiger partial charge in [-0.25, -0.2) is 0 Å². The summed E-state index contributed by atoms with van der Waals surface area (Å²) in [6.45, 7) is 1.66. The van der Waals surface area contributed by atoms with Crippen LogP contribution in [0.2, 0.25) is 6.32 Å².